The summed E-state index contributed by atoms with van der Waals surface area (Å²) < 4.78 is 5.29. The molecule has 2 rings (SSSR count). The number of carbonyl (C=O) groups excluding carboxylic acids is 2. The molecule has 0 unspecified atom stereocenters. The first-order valence-electron chi connectivity index (χ1n) is 7.26. The zero-order chi connectivity index (χ0) is 16.7. The second-order valence-corrected chi connectivity index (χ2v) is 5.10. The van der Waals surface area contributed by atoms with Crippen LogP contribution in [0.1, 0.15) is 28.9 Å². The molecule has 3 N–H and O–H groups in total. The van der Waals surface area contributed by atoms with Crippen molar-refractivity contribution >= 4 is 11.9 Å². The highest BCUT2D eigenvalue weighted by Crippen LogP contribution is 2.14. The van der Waals surface area contributed by atoms with Gasteiger partial charge < -0.3 is 15.8 Å². The molecule has 0 radical (unpaired) electrons. The summed E-state index contributed by atoms with van der Waals surface area (Å²) in [6, 6.07) is 11.4. The summed E-state index contributed by atoms with van der Waals surface area (Å²) in [5.74, 6) is -0.801. The maximum atomic E-state index is 12.0. The van der Waals surface area contributed by atoms with Crippen LogP contribution in [0, 0.1) is 0 Å². The van der Waals surface area contributed by atoms with E-state index in [4.69, 9.17) is 10.5 Å². The lowest BCUT2D eigenvalue weighted by Gasteiger charge is -2.20. The maximum absolute atomic E-state index is 12.0. The van der Waals surface area contributed by atoms with Gasteiger partial charge in [0.05, 0.1) is 17.6 Å². The van der Waals surface area contributed by atoms with Gasteiger partial charge in [-0.25, -0.2) is 4.79 Å². The number of pyridine rings is 1. The van der Waals surface area contributed by atoms with E-state index in [-0.39, 0.29) is 12.5 Å². The largest absolute Gasteiger partial charge is 0.459 e. The number of hydrogen-bond acceptors (Lipinski definition) is 5. The standard InChI is InChI=1S/C17H19N3O3/c1-12(18)16(21)20-15(13-6-3-2-4-7-13)11-23-17(22)14-8-5-9-19-10-14/h2-10,12,15H,11,18H2,1H3,(H,20,21)/t12-,15-/m1/s1. The molecule has 0 bridgehead atoms. The second-order valence-electron chi connectivity index (χ2n) is 5.10. The molecule has 0 saturated heterocycles. The van der Waals surface area contributed by atoms with Crippen molar-refractivity contribution in [1.29, 1.82) is 0 Å². The molecule has 0 spiro atoms. The number of rotatable bonds is 6. The number of amides is 1. The SMILES string of the molecule is C[C@@H](N)C(=O)N[C@H](COC(=O)c1cccnc1)c1ccccc1. The lowest BCUT2D eigenvalue weighted by atomic mass is 10.1. The third-order valence-electron chi connectivity index (χ3n) is 3.21. The van der Waals surface area contributed by atoms with Gasteiger partial charge in [0.25, 0.3) is 0 Å². The predicted molar refractivity (Wildman–Crippen MR) is 85.5 cm³/mol. The number of benzene rings is 1. The number of nitrogens with one attached hydrogen (secondary N) is 1. The van der Waals surface area contributed by atoms with Crippen LogP contribution in [0.2, 0.25) is 0 Å². The molecule has 23 heavy (non-hydrogen) atoms. The molecule has 2 aromatic rings. The lowest BCUT2D eigenvalue weighted by molar-refractivity contribution is -0.123. The van der Waals surface area contributed by atoms with E-state index in [0.717, 1.165) is 5.56 Å². The van der Waals surface area contributed by atoms with Gasteiger partial charge in [0.1, 0.15) is 6.61 Å². The van der Waals surface area contributed by atoms with E-state index in [1.807, 2.05) is 30.3 Å². The van der Waals surface area contributed by atoms with E-state index in [0.29, 0.717) is 5.56 Å². The highest BCUT2D eigenvalue weighted by Gasteiger charge is 2.19. The molecule has 120 valence electrons. The number of aromatic nitrogens is 1. The molecule has 0 aliphatic rings. The summed E-state index contributed by atoms with van der Waals surface area (Å²) in [4.78, 5) is 27.7. The van der Waals surface area contributed by atoms with Gasteiger partial charge in [-0.3, -0.25) is 9.78 Å². The third kappa shape index (κ3) is 4.89. The summed E-state index contributed by atoms with van der Waals surface area (Å²) in [7, 11) is 0. The Balaban J connectivity index is 2.06. The number of carbonyl (C=O) groups is 2. The van der Waals surface area contributed by atoms with Crippen LogP contribution < -0.4 is 11.1 Å². The van der Waals surface area contributed by atoms with Crippen LogP contribution in [0.4, 0.5) is 0 Å². The fourth-order valence-corrected chi connectivity index (χ4v) is 1.94. The Morgan fingerprint density at radius 1 is 1.22 bits per heavy atom. The Bertz CT molecular complexity index is 645. The number of esters is 1. The molecule has 0 fully saturated rings. The molecule has 1 amide bonds. The van der Waals surface area contributed by atoms with Crippen molar-refractivity contribution < 1.29 is 14.3 Å². The number of ether oxygens (including phenoxy) is 1. The van der Waals surface area contributed by atoms with Gasteiger partial charge in [0.15, 0.2) is 0 Å². The normalized spacial score (nSPS) is 13.0. The van der Waals surface area contributed by atoms with Gasteiger partial charge in [-0.1, -0.05) is 30.3 Å². The van der Waals surface area contributed by atoms with Gasteiger partial charge >= 0.3 is 5.97 Å². The van der Waals surface area contributed by atoms with Crippen molar-refractivity contribution in [2.75, 3.05) is 6.61 Å². The molecule has 0 saturated carbocycles. The smallest absolute Gasteiger partial charge is 0.339 e. The first-order chi connectivity index (χ1) is 11.1. The average molecular weight is 313 g/mol. The van der Waals surface area contributed by atoms with Crippen molar-refractivity contribution in [2.45, 2.75) is 19.0 Å². The summed E-state index contributed by atoms with van der Waals surface area (Å²) in [5.41, 5.74) is 6.77. The molecular formula is C17H19N3O3. The minimum Gasteiger partial charge on any atom is -0.459 e. The Morgan fingerprint density at radius 3 is 2.57 bits per heavy atom. The van der Waals surface area contributed by atoms with E-state index in [1.54, 1.807) is 25.3 Å². The van der Waals surface area contributed by atoms with Gasteiger partial charge in [-0.05, 0) is 24.6 Å². The minimum absolute atomic E-state index is 0.0101. The first-order valence-corrected chi connectivity index (χ1v) is 7.26. The zero-order valence-electron chi connectivity index (χ0n) is 12.8. The molecule has 1 heterocycles. The Hall–Kier alpha value is -2.73. The molecular weight excluding hydrogens is 294 g/mol. The fraction of sp³-hybridized carbons (Fsp3) is 0.235. The van der Waals surface area contributed by atoms with E-state index >= 15 is 0 Å². The molecule has 2 atom stereocenters. The van der Waals surface area contributed by atoms with Crippen molar-refractivity contribution in [1.82, 2.24) is 10.3 Å². The van der Waals surface area contributed by atoms with Crippen molar-refractivity contribution in [3.63, 3.8) is 0 Å². The minimum atomic E-state index is -0.643. The van der Waals surface area contributed by atoms with E-state index < -0.39 is 18.1 Å². The van der Waals surface area contributed by atoms with Gasteiger partial charge in [0, 0.05) is 12.4 Å². The fourth-order valence-electron chi connectivity index (χ4n) is 1.94. The Morgan fingerprint density at radius 2 is 1.96 bits per heavy atom. The summed E-state index contributed by atoms with van der Waals surface area (Å²) in [5, 5.41) is 2.78. The van der Waals surface area contributed by atoms with E-state index in [1.165, 1.54) is 6.20 Å². The van der Waals surface area contributed by atoms with Gasteiger partial charge in [-0.2, -0.15) is 0 Å². The third-order valence-corrected chi connectivity index (χ3v) is 3.21. The van der Waals surface area contributed by atoms with E-state index in [2.05, 4.69) is 10.3 Å². The van der Waals surface area contributed by atoms with Crippen LogP contribution in [0.15, 0.2) is 54.9 Å². The average Bonchev–Trinajstić information content (AvgIpc) is 2.59. The van der Waals surface area contributed by atoms with Crippen molar-refractivity contribution in [3.8, 4) is 0 Å². The summed E-state index contributed by atoms with van der Waals surface area (Å²) in [6.07, 6.45) is 3.01. The zero-order valence-corrected chi connectivity index (χ0v) is 12.8. The van der Waals surface area contributed by atoms with Gasteiger partial charge in [0.2, 0.25) is 5.91 Å². The Kier molecular flexibility index (Phi) is 5.82. The van der Waals surface area contributed by atoms with Crippen molar-refractivity contribution in [3.05, 3.63) is 66.0 Å². The van der Waals surface area contributed by atoms with Crippen molar-refractivity contribution in [2.24, 2.45) is 5.73 Å². The number of hydrogen-bond donors (Lipinski definition) is 2. The quantitative estimate of drug-likeness (QED) is 0.787. The number of nitrogens with zero attached hydrogens (tertiary/aromatic N) is 1. The number of nitrogens with two attached hydrogens (primary N) is 1. The predicted octanol–water partition coefficient (Wildman–Crippen LogP) is 1.44. The monoisotopic (exact) mass is 313 g/mol. The molecule has 0 aliphatic carbocycles. The van der Waals surface area contributed by atoms with Crippen LogP contribution in [-0.4, -0.2) is 29.5 Å². The molecule has 1 aromatic carbocycles. The lowest BCUT2D eigenvalue weighted by Crippen LogP contribution is -2.41. The molecule has 1 aromatic heterocycles. The Labute approximate surface area is 134 Å². The van der Waals surface area contributed by atoms with Crippen LogP contribution >= 0.6 is 0 Å². The molecule has 0 aliphatic heterocycles. The van der Waals surface area contributed by atoms with E-state index in [9.17, 15) is 9.59 Å². The van der Waals surface area contributed by atoms with Crippen LogP contribution in [0.3, 0.4) is 0 Å². The second kappa shape index (κ2) is 8.05. The van der Waals surface area contributed by atoms with Crippen LogP contribution in [0.5, 0.6) is 0 Å². The highest BCUT2D eigenvalue weighted by atomic mass is 16.5. The molecule has 6 nitrogen and oxygen atoms in total. The highest BCUT2D eigenvalue weighted by molar-refractivity contribution is 5.89. The summed E-state index contributed by atoms with van der Waals surface area (Å²) >= 11 is 0. The van der Waals surface area contributed by atoms with Crippen LogP contribution in [-0.2, 0) is 9.53 Å². The van der Waals surface area contributed by atoms with Crippen LogP contribution in [0.25, 0.3) is 0 Å². The maximum Gasteiger partial charge on any atom is 0.339 e. The molecule has 6 heteroatoms. The summed E-state index contributed by atoms with van der Waals surface area (Å²) in [6.45, 7) is 1.61. The topological polar surface area (TPSA) is 94.3 Å². The van der Waals surface area contributed by atoms with Gasteiger partial charge in [-0.15, -0.1) is 0 Å². The first kappa shape index (κ1) is 16.6.